The smallest absolute Gasteiger partial charge is 0.417 e. The van der Waals surface area contributed by atoms with Gasteiger partial charge in [-0.2, -0.15) is 13.2 Å². The molecule has 1 heterocycles. The van der Waals surface area contributed by atoms with Crippen molar-refractivity contribution in [1.29, 1.82) is 0 Å². The SMILES string of the molecule is CC(=O)OC(C(=O)N(CCc1ccc(C(F)(F)F)cn1)c1ccc(Cl)c(CO)c1)c1ccc(F)cc1. The van der Waals surface area contributed by atoms with E-state index in [9.17, 15) is 32.3 Å². The summed E-state index contributed by atoms with van der Waals surface area (Å²) in [5.41, 5.74) is 0.203. The largest absolute Gasteiger partial charge is 0.447 e. The fourth-order valence-corrected chi connectivity index (χ4v) is 3.57. The lowest BCUT2D eigenvalue weighted by molar-refractivity contribution is -0.153. The quantitative estimate of drug-likeness (QED) is 0.321. The molecule has 1 amide bonds. The van der Waals surface area contributed by atoms with Crippen molar-refractivity contribution in [3.8, 4) is 0 Å². The van der Waals surface area contributed by atoms with E-state index in [2.05, 4.69) is 4.98 Å². The monoisotopic (exact) mass is 524 g/mol. The van der Waals surface area contributed by atoms with Gasteiger partial charge in [-0.05, 0) is 48.0 Å². The highest BCUT2D eigenvalue weighted by atomic mass is 35.5. The first-order valence-corrected chi connectivity index (χ1v) is 11.0. The zero-order valence-electron chi connectivity index (χ0n) is 18.9. The normalized spacial score (nSPS) is 12.2. The topological polar surface area (TPSA) is 79.7 Å². The molecule has 36 heavy (non-hydrogen) atoms. The van der Waals surface area contributed by atoms with Crippen LogP contribution in [0.25, 0.3) is 0 Å². The maximum absolute atomic E-state index is 13.6. The first-order valence-electron chi connectivity index (χ1n) is 10.6. The zero-order chi connectivity index (χ0) is 26.5. The van der Waals surface area contributed by atoms with E-state index in [1.54, 1.807) is 0 Å². The summed E-state index contributed by atoms with van der Waals surface area (Å²) in [5, 5.41) is 9.86. The number of aliphatic hydroxyl groups excluding tert-OH is 1. The van der Waals surface area contributed by atoms with Gasteiger partial charge in [-0.15, -0.1) is 0 Å². The van der Waals surface area contributed by atoms with Crippen molar-refractivity contribution in [3.63, 3.8) is 0 Å². The van der Waals surface area contributed by atoms with E-state index in [-0.39, 0.29) is 29.2 Å². The number of pyridine rings is 1. The third-order valence-corrected chi connectivity index (χ3v) is 5.57. The summed E-state index contributed by atoms with van der Waals surface area (Å²) in [4.78, 5) is 30.5. The number of alkyl halides is 3. The third-order valence-electron chi connectivity index (χ3n) is 5.20. The Morgan fingerprint density at radius 1 is 1.11 bits per heavy atom. The molecule has 11 heteroatoms. The minimum Gasteiger partial charge on any atom is -0.447 e. The van der Waals surface area contributed by atoms with Crippen LogP contribution in [0.5, 0.6) is 0 Å². The predicted molar refractivity (Wildman–Crippen MR) is 124 cm³/mol. The van der Waals surface area contributed by atoms with Crippen molar-refractivity contribution < 1.29 is 37.0 Å². The molecule has 0 spiro atoms. The van der Waals surface area contributed by atoms with Gasteiger partial charge >= 0.3 is 12.1 Å². The van der Waals surface area contributed by atoms with E-state index < -0.39 is 42.1 Å². The van der Waals surface area contributed by atoms with Crippen LogP contribution in [-0.2, 0) is 33.5 Å². The minimum atomic E-state index is -4.54. The molecule has 0 fully saturated rings. The van der Waals surface area contributed by atoms with E-state index in [0.717, 1.165) is 25.1 Å². The molecule has 0 radical (unpaired) electrons. The van der Waals surface area contributed by atoms with Gasteiger partial charge in [-0.1, -0.05) is 23.7 Å². The first-order chi connectivity index (χ1) is 17.0. The Morgan fingerprint density at radius 3 is 2.36 bits per heavy atom. The van der Waals surface area contributed by atoms with Crippen molar-refractivity contribution in [2.24, 2.45) is 0 Å². The lowest BCUT2D eigenvalue weighted by atomic mass is 10.1. The number of rotatable bonds is 8. The van der Waals surface area contributed by atoms with Gasteiger partial charge < -0.3 is 14.7 Å². The Bertz CT molecular complexity index is 1220. The summed E-state index contributed by atoms with van der Waals surface area (Å²) < 4.78 is 57.3. The predicted octanol–water partition coefficient (Wildman–Crippen LogP) is 5.27. The van der Waals surface area contributed by atoms with Crippen LogP contribution in [0.2, 0.25) is 5.02 Å². The Hall–Kier alpha value is -3.50. The number of aromatic nitrogens is 1. The number of halogens is 5. The standard InChI is InChI=1S/C25H21ClF4N2O4/c1-15(34)36-23(16-2-5-19(27)6-3-16)24(35)32(21-8-9-22(26)17(12-21)14-33)11-10-20-7-4-18(13-31-20)25(28,29)30/h2-9,12-13,23,33H,10-11,14H2,1H3. The molecular weight excluding hydrogens is 504 g/mol. The maximum Gasteiger partial charge on any atom is 0.417 e. The second-order valence-corrected chi connectivity index (χ2v) is 8.16. The molecule has 1 N–H and O–H groups in total. The van der Waals surface area contributed by atoms with Crippen LogP contribution in [0.4, 0.5) is 23.2 Å². The number of benzene rings is 2. The van der Waals surface area contributed by atoms with Crippen molar-refractivity contribution in [2.45, 2.75) is 32.2 Å². The van der Waals surface area contributed by atoms with Gasteiger partial charge in [0.05, 0.1) is 12.2 Å². The van der Waals surface area contributed by atoms with Gasteiger partial charge in [0.1, 0.15) is 5.82 Å². The van der Waals surface area contributed by atoms with E-state index >= 15 is 0 Å². The molecule has 0 aliphatic rings. The van der Waals surface area contributed by atoms with E-state index in [0.29, 0.717) is 17.4 Å². The number of aliphatic hydroxyl groups is 1. The first kappa shape index (κ1) is 27.1. The van der Waals surface area contributed by atoms with Gasteiger partial charge in [0.15, 0.2) is 0 Å². The average Bonchev–Trinajstić information content (AvgIpc) is 2.83. The number of amides is 1. The number of ether oxygens (including phenoxy) is 1. The molecule has 3 aromatic rings. The molecule has 1 atom stereocenters. The van der Waals surface area contributed by atoms with Crippen molar-refractivity contribution in [2.75, 3.05) is 11.4 Å². The molecular formula is C25H21ClF4N2O4. The summed E-state index contributed by atoms with van der Waals surface area (Å²) in [6.45, 7) is 0.635. The lowest BCUT2D eigenvalue weighted by Gasteiger charge is -2.28. The highest BCUT2D eigenvalue weighted by molar-refractivity contribution is 6.31. The van der Waals surface area contributed by atoms with Crippen LogP contribution in [0.1, 0.15) is 35.4 Å². The summed E-state index contributed by atoms with van der Waals surface area (Å²) in [6, 6.07) is 11.4. The molecule has 0 aliphatic carbocycles. The number of anilines is 1. The molecule has 3 rings (SSSR count). The molecule has 0 aliphatic heterocycles. The Morgan fingerprint density at radius 2 is 1.81 bits per heavy atom. The Balaban J connectivity index is 1.97. The van der Waals surface area contributed by atoms with Gasteiger partial charge in [0.2, 0.25) is 6.10 Å². The lowest BCUT2D eigenvalue weighted by Crippen LogP contribution is -2.38. The Kier molecular flexibility index (Phi) is 8.65. The number of carbonyl (C=O) groups is 2. The molecule has 0 saturated carbocycles. The number of esters is 1. The van der Waals surface area contributed by atoms with Crippen LogP contribution in [0.3, 0.4) is 0 Å². The van der Waals surface area contributed by atoms with Crippen LogP contribution in [-0.4, -0.2) is 28.5 Å². The molecule has 0 saturated heterocycles. The van der Waals surface area contributed by atoms with Crippen LogP contribution in [0.15, 0.2) is 60.8 Å². The fourth-order valence-electron chi connectivity index (χ4n) is 3.39. The van der Waals surface area contributed by atoms with Crippen LogP contribution >= 0.6 is 11.6 Å². The molecule has 2 aromatic carbocycles. The van der Waals surface area contributed by atoms with Crippen LogP contribution in [0, 0.1) is 5.82 Å². The molecule has 1 unspecified atom stereocenters. The second kappa shape index (κ2) is 11.5. The van der Waals surface area contributed by atoms with E-state index in [1.807, 2.05) is 0 Å². The van der Waals surface area contributed by atoms with E-state index in [1.165, 1.54) is 41.3 Å². The summed E-state index contributed by atoms with van der Waals surface area (Å²) >= 11 is 6.08. The summed E-state index contributed by atoms with van der Waals surface area (Å²) in [6.07, 6.45) is -5.22. The second-order valence-electron chi connectivity index (χ2n) is 7.75. The van der Waals surface area contributed by atoms with Gasteiger partial charge in [0.25, 0.3) is 5.91 Å². The molecule has 1 aromatic heterocycles. The van der Waals surface area contributed by atoms with Gasteiger partial charge in [0, 0.05) is 48.1 Å². The van der Waals surface area contributed by atoms with Crippen molar-refractivity contribution in [1.82, 2.24) is 4.98 Å². The summed E-state index contributed by atoms with van der Waals surface area (Å²) in [7, 11) is 0. The zero-order valence-corrected chi connectivity index (χ0v) is 19.7. The van der Waals surface area contributed by atoms with Gasteiger partial charge in [-0.3, -0.25) is 14.6 Å². The highest BCUT2D eigenvalue weighted by Crippen LogP contribution is 2.30. The average molecular weight is 525 g/mol. The number of nitrogens with zero attached hydrogens (tertiary/aromatic N) is 2. The fraction of sp³-hybridized carbons (Fsp3) is 0.240. The third kappa shape index (κ3) is 6.79. The number of hydrogen-bond donors (Lipinski definition) is 1. The number of carbonyl (C=O) groups excluding carboxylic acids is 2. The van der Waals surface area contributed by atoms with Crippen molar-refractivity contribution in [3.05, 3.63) is 94.0 Å². The van der Waals surface area contributed by atoms with Crippen molar-refractivity contribution >= 4 is 29.2 Å². The number of hydrogen-bond acceptors (Lipinski definition) is 5. The highest BCUT2D eigenvalue weighted by Gasteiger charge is 2.32. The van der Waals surface area contributed by atoms with Gasteiger partial charge in [-0.25, -0.2) is 4.39 Å². The van der Waals surface area contributed by atoms with E-state index in [4.69, 9.17) is 16.3 Å². The molecule has 0 bridgehead atoms. The molecule has 190 valence electrons. The van der Waals surface area contributed by atoms with Crippen LogP contribution < -0.4 is 4.90 Å². The Labute approximate surface area is 209 Å². The summed E-state index contributed by atoms with van der Waals surface area (Å²) in [5.74, 6) is -2.01. The maximum atomic E-state index is 13.6. The molecule has 6 nitrogen and oxygen atoms in total. The minimum absolute atomic E-state index is 0.0527.